The van der Waals surface area contributed by atoms with Gasteiger partial charge in [0, 0.05) is 38.4 Å². The van der Waals surface area contributed by atoms with E-state index >= 15 is 0 Å². The highest BCUT2D eigenvalue weighted by Crippen LogP contribution is 2.31. The number of aryl methyl sites for hydroxylation is 2. The quantitative estimate of drug-likeness (QED) is 0.339. The number of benzene rings is 1. The molecular weight excluding hydrogens is 493 g/mol. The van der Waals surface area contributed by atoms with Crippen molar-refractivity contribution in [2.75, 3.05) is 26.8 Å². The van der Waals surface area contributed by atoms with Gasteiger partial charge in [-0.05, 0) is 37.5 Å². The Balaban J connectivity index is 0.00000320. The van der Waals surface area contributed by atoms with Gasteiger partial charge in [-0.3, -0.25) is 4.68 Å². The number of nitrogens with one attached hydrogen (secondary N) is 1. The van der Waals surface area contributed by atoms with Crippen LogP contribution in [0.3, 0.4) is 0 Å². The minimum Gasteiger partial charge on any atom is -0.486 e. The van der Waals surface area contributed by atoms with E-state index in [-0.39, 0.29) is 24.0 Å². The molecule has 0 spiro atoms. The summed E-state index contributed by atoms with van der Waals surface area (Å²) in [5, 5.41) is 8.07. The molecule has 166 valence electrons. The maximum Gasteiger partial charge on any atom is 0.194 e. The minimum atomic E-state index is 0. The van der Waals surface area contributed by atoms with Crippen LogP contribution in [0.5, 0.6) is 11.5 Å². The van der Waals surface area contributed by atoms with Crippen molar-refractivity contribution >= 4 is 29.9 Å². The fraction of sp³-hybridized carbons (Fsp3) is 0.545. The lowest BCUT2D eigenvalue weighted by atomic mass is 10.1. The standard InChI is InChI=1S/C22H33N5O2.HI/c1-6-18-17(19(7-2)27(5)25-18)14-24-22(23-8-3)26(4)15-16-9-10-20-21(13-16)29-12-11-28-20;/h9-10,13H,6-8,11-12,14-15H2,1-5H3,(H,23,24);1H. The predicted molar refractivity (Wildman–Crippen MR) is 131 cm³/mol. The second-order valence-electron chi connectivity index (χ2n) is 7.21. The zero-order valence-electron chi connectivity index (χ0n) is 18.7. The molecule has 0 atom stereocenters. The molecule has 7 nitrogen and oxygen atoms in total. The summed E-state index contributed by atoms with van der Waals surface area (Å²) in [6, 6.07) is 6.12. The third-order valence-electron chi connectivity index (χ3n) is 5.14. The van der Waals surface area contributed by atoms with E-state index in [1.54, 1.807) is 0 Å². The van der Waals surface area contributed by atoms with Crippen LogP contribution in [0.2, 0.25) is 0 Å². The molecule has 0 saturated carbocycles. The predicted octanol–water partition coefficient (Wildman–Crippen LogP) is 3.53. The van der Waals surface area contributed by atoms with Crippen LogP contribution in [0.15, 0.2) is 23.2 Å². The van der Waals surface area contributed by atoms with Gasteiger partial charge in [-0.25, -0.2) is 4.99 Å². The molecule has 2 heterocycles. The van der Waals surface area contributed by atoms with Crippen LogP contribution in [0.4, 0.5) is 0 Å². The van der Waals surface area contributed by atoms with Gasteiger partial charge in [-0.1, -0.05) is 19.9 Å². The molecular formula is C22H34IN5O2. The topological polar surface area (TPSA) is 63.9 Å². The Morgan fingerprint density at radius 3 is 2.57 bits per heavy atom. The maximum atomic E-state index is 5.71. The summed E-state index contributed by atoms with van der Waals surface area (Å²) in [5.74, 6) is 2.52. The van der Waals surface area contributed by atoms with E-state index in [9.17, 15) is 0 Å². The van der Waals surface area contributed by atoms with Crippen molar-refractivity contribution in [2.24, 2.45) is 12.0 Å². The fourth-order valence-electron chi connectivity index (χ4n) is 3.73. The van der Waals surface area contributed by atoms with Crippen LogP contribution in [-0.2, 0) is 33.0 Å². The van der Waals surface area contributed by atoms with Crippen molar-refractivity contribution in [3.8, 4) is 11.5 Å². The van der Waals surface area contributed by atoms with Crippen LogP contribution in [-0.4, -0.2) is 47.4 Å². The summed E-state index contributed by atoms with van der Waals surface area (Å²) in [4.78, 5) is 7.06. The maximum absolute atomic E-state index is 5.71. The molecule has 0 radical (unpaired) electrons. The van der Waals surface area contributed by atoms with Crippen molar-refractivity contribution in [3.05, 3.63) is 40.7 Å². The molecule has 0 amide bonds. The molecule has 1 aromatic carbocycles. The number of ether oxygens (including phenoxy) is 2. The molecule has 8 heteroatoms. The van der Waals surface area contributed by atoms with Crippen molar-refractivity contribution in [3.63, 3.8) is 0 Å². The number of rotatable bonds is 7. The highest BCUT2D eigenvalue weighted by molar-refractivity contribution is 14.0. The van der Waals surface area contributed by atoms with Crippen molar-refractivity contribution in [1.29, 1.82) is 0 Å². The first-order valence-electron chi connectivity index (χ1n) is 10.5. The Morgan fingerprint density at radius 2 is 1.90 bits per heavy atom. The Labute approximate surface area is 196 Å². The number of guanidine groups is 1. The van der Waals surface area contributed by atoms with Gasteiger partial charge in [0.2, 0.25) is 0 Å². The summed E-state index contributed by atoms with van der Waals surface area (Å²) < 4.78 is 13.3. The van der Waals surface area contributed by atoms with Gasteiger partial charge in [-0.15, -0.1) is 24.0 Å². The number of aliphatic imine (C=N–C) groups is 1. The van der Waals surface area contributed by atoms with E-state index in [0.717, 1.165) is 54.6 Å². The van der Waals surface area contributed by atoms with Crippen LogP contribution in [0.1, 0.15) is 43.3 Å². The van der Waals surface area contributed by atoms with Gasteiger partial charge >= 0.3 is 0 Å². The number of fused-ring (bicyclic) bond motifs is 1. The molecule has 0 fully saturated rings. The molecule has 2 aromatic rings. The summed E-state index contributed by atoms with van der Waals surface area (Å²) in [6.07, 6.45) is 1.88. The molecule has 1 aliphatic rings. The molecule has 0 aliphatic carbocycles. The number of hydrogen-bond acceptors (Lipinski definition) is 4. The first kappa shape index (κ1) is 24.3. The van der Waals surface area contributed by atoms with Crippen LogP contribution in [0, 0.1) is 0 Å². The average Bonchev–Trinajstić information content (AvgIpc) is 3.05. The van der Waals surface area contributed by atoms with E-state index in [4.69, 9.17) is 14.5 Å². The Kier molecular flexibility index (Phi) is 9.26. The zero-order valence-corrected chi connectivity index (χ0v) is 21.0. The lowest BCUT2D eigenvalue weighted by Crippen LogP contribution is -2.38. The second-order valence-corrected chi connectivity index (χ2v) is 7.21. The van der Waals surface area contributed by atoms with E-state index in [0.29, 0.717) is 19.8 Å². The number of hydrogen-bond donors (Lipinski definition) is 1. The molecule has 3 rings (SSSR count). The van der Waals surface area contributed by atoms with Crippen LogP contribution in [0.25, 0.3) is 0 Å². The van der Waals surface area contributed by atoms with Crippen LogP contribution < -0.4 is 14.8 Å². The van der Waals surface area contributed by atoms with Gasteiger partial charge < -0.3 is 19.7 Å². The SMILES string of the molecule is CCNC(=NCc1c(CC)nn(C)c1CC)N(C)Cc1ccc2c(c1)OCCO2.I. The minimum absolute atomic E-state index is 0. The molecule has 0 unspecified atom stereocenters. The molecule has 0 bridgehead atoms. The normalized spacial score (nSPS) is 13.0. The Bertz CT molecular complexity index is 865. The zero-order chi connectivity index (χ0) is 20.8. The smallest absolute Gasteiger partial charge is 0.194 e. The van der Waals surface area contributed by atoms with Crippen molar-refractivity contribution in [1.82, 2.24) is 20.0 Å². The summed E-state index contributed by atoms with van der Waals surface area (Å²) >= 11 is 0. The molecule has 1 aromatic heterocycles. The molecule has 1 aliphatic heterocycles. The summed E-state index contributed by atoms with van der Waals surface area (Å²) in [5.41, 5.74) is 4.81. The van der Waals surface area contributed by atoms with Gasteiger partial charge in [0.25, 0.3) is 0 Å². The highest BCUT2D eigenvalue weighted by Gasteiger charge is 2.16. The number of nitrogens with zero attached hydrogens (tertiary/aromatic N) is 4. The third kappa shape index (κ3) is 5.59. The van der Waals surface area contributed by atoms with Gasteiger partial charge in [0.05, 0.1) is 12.2 Å². The van der Waals surface area contributed by atoms with Gasteiger partial charge in [0.15, 0.2) is 17.5 Å². The molecule has 1 N–H and O–H groups in total. The largest absolute Gasteiger partial charge is 0.486 e. The van der Waals surface area contributed by atoms with Gasteiger partial charge in [0.1, 0.15) is 13.2 Å². The Morgan fingerprint density at radius 1 is 1.17 bits per heavy atom. The number of halogens is 1. The van der Waals surface area contributed by atoms with Crippen LogP contribution >= 0.6 is 24.0 Å². The lowest BCUT2D eigenvalue weighted by Gasteiger charge is -2.24. The Hall–Kier alpha value is -1.97. The van der Waals surface area contributed by atoms with Gasteiger partial charge in [-0.2, -0.15) is 5.10 Å². The molecule has 30 heavy (non-hydrogen) atoms. The lowest BCUT2D eigenvalue weighted by molar-refractivity contribution is 0.171. The average molecular weight is 527 g/mol. The summed E-state index contributed by atoms with van der Waals surface area (Å²) in [7, 11) is 4.08. The van der Waals surface area contributed by atoms with E-state index in [1.165, 1.54) is 11.3 Å². The highest BCUT2D eigenvalue weighted by atomic mass is 127. The first-order chi connectivity index (χ1) is 14.1. The summed E-state index contributed by atoms with van der Waals surface area (Å²) in [6.45, 7) is 9.80. The fourth-order valence-corrected chi connectivity index (χ4v) is 3.73. The monoisotopic (exact) mass is 527 g/mol. The van der Waals surface area contributed by atoms with Crippen molar-refractivity contribution in [2.45, 2.75) is 46.7 Å². The number of aromatic nitrogens is 2. The molecule has 0 saturated heterocycles. The van der Waals surface area contributed by atoms with E-state index < -0.39 is 0 Å². The third-order valence-corrected chi connectivity index (χ3v) is 5.14. The van der Waals surface area contributed by atoms with E-state index in [1.807, 2.05) is 17.8 Å². The first-order valence-corrected chi connectivity index (χ1v) is 10.5. The second kappa shape index (κ2) is 11.4. The van der Waals surface area contributed by atoms with Crippen molar-refractivity contribution < 1.29 is 9.47 Å². The van der Waals surface area contributed by atoms with E-state index in [2.05, 4.69) is 55.3 Å².